The summed E-state index contributed by atoms with van der Waals surface area (Å²) in [7, 11) is -0.811. The maximum Gasteiger partial charge on any atom is 0.241 e. The second kappa shape index (κ2) is 10.2. The lowest BCUT2D eigenvalue weighted by Gasteiger charge is -2.24. The molecular formula is C22H33ClN2O2S. The van der Waals surface area contributed by atoms with Gasteiger partial charge in [0.1, 0.15) is 0 Å². The van der Waals surface area contributed by atoms with Crippen molar-refractivity contribution < 1.29 is 9.00 Å². The summed E-state index contributed by atoms with van der Waals surface area (Å²) in [6, 6.07) is 8.38. The van der Waals surface area contributed by atoms with Gasteiger partial charge < -0.3 is 10.6 Å². The predicted octanol–water partition coefficient (Wildman–Crippen LogP) is 4.55. The molecule has 4 atom stereocenters. The van der Waals surface area contributed by atoms with Crippen LogP contribution in [0.1, 0.15) is 69.8 Å². The van der Waals surface area contributed by atoms with Gasteiger partial charge in [-0.25, -0.2) is 0 Å². The zero-order chi connectivity index (χ0) is 18.6. The molecule has 0 bridgehead atoms. The Hall–Kier alpha value is -0.910. The smallest absolute Gasteiger partial charge is 0.241 e. The molecule has 4 unspecified atom stereocenters. The first-order chi connectivity index (χ1) is 13.2. The first kappa shape index (κ1) is 21.8. The summed E-state index contributed by atoms with van der Waals surface area (Å²) in [5, 5.41) is 6.98. The molecule has 4 rings (SSSR count). The Kier molecular flexibility index (Phi) is 7.95. The van der Waals surface area contributed by atoms with E-state index in [-0.39, 0.29) is 24.4 Å². The quantitative estimate of drug-likeness (QED) is 0.728. The number of benzene rings is 1. The third-order valence-corrected chi connectivity index (χ3v) is 8.44. The fourth-order valence-electron chi connectivity index (χ4n) is 5.10. The van der Waals surface area contributed by atoms with Crippen LogP contribution >= 0.6 is 12.4 Å². The summed E-state index contributed by atoms with van der Waals surface area (Å²) in [5.41, 5.74) is 1.89. The maximum atomic E-state index is 12.7. The molecule has 2 N–H and O–H groups in total. The lowest BCUT2D eigenvalue weighted by molar-refractivity contribution is -0.117. The average Bonchev–Trinajstić information content (AvgIpc) is 3.13. The number of fused-ring (bicyclic) bond motifs is 1. The molecule has 1 aliphatic heterocycles. The summed E-state index contributed by atoms with van der Waals surface area (Å²) in [6.07, 6.45) is 11.9. The van der Waals surface area contributed by atoms with Gasteiger partial charge in [0.15, 0.2) is 0 Å². The number of anilines is 1. The molecule has 1 aromatic rings. The highest BCUT2D eigenvalue weighted by atomic mass is 35.5. The number of rotatable bonds is 5. The summed E-state index contributed by atoms with van der Waals surface area (Å²) in [4.78, 5) is 12.7. The monoisotopic (exact) mass is 424 g/mol. The topological polar surface area (TPSA) is 58.2 Å². The molecule has 156 valence electrons. The molecule has 2 aliphatic carbocycles. The third-order valence-electron chi connectivity index (χ3n) is 6.61. The molecule has 1 amide bonds. The van der Waals surface area contributed by atoms with E-state index in [9.17, 15) is 9.00 Å². The van der Waals surface area contributed by atoms with E-state index in [1.54, 1.807) is 0 Å². The normalized spacial score (nSPS) is 28.8. The van der Waals surface area contributed by atoms with Crippen LogP contribution in [0, 0.1) is 5.92 Å². The molecular weight excluding hydrogens is 392 g/mol. The highest BCUT2D eigenvalue weighted by Gasteiger charge is 2.38. The van der Waals surface area contributed by atoms with E-state index in [0.717, 1.165) is 30.5 Å². The number of halogens is 1. The van der Waals surface area contributed by atoms with E-state index in [4.69, 9.17) is 0 Å². The number of carbonyl (C=O) groups is 1. The summed E-state index contributed by atoms with van der Waals surface area (Å²) in [6.45, 7) is 0. The second-order valence-electron chi connectivity index (χ2n) is 8.58. The van der Waals surface area contributed by atoms with Crippen molar-refractivity contribution in [1.82, 2.24) is 5.32 Å². The predicted molar refractivity (Wildman–Crippen MR) is 118 cm³/mol. The zero-order valence-corrected chi connectivity index (χ0v) is 18.2. The highest BCUT2D eigenvalue weighted by Crippen LogP contribution is 2.33. The van der Waals surface area contributed by atoms with Gasteiger partial charge in [-0.05, 0) is 55.7 Å². The Balaban J connectivity index is 0.00000225. The van der Waals surface area contributed by atoms with Crippen molar-refractivity contribution in [3.63, 3.8) is 0 Å². The molecule has 3 aliphatic rings. The summed E-state index contributed by atoms with van der Waals surface area (Å²) >= 11 is 0. The molecule has 2 saturated carbocycles. The Morgan fingerprint density at radius 3 is 2.61 bits per heavy atom. The van der Waals surface area contributed by atoms with Crippen molar-refractivity contribution in [2.75, 3.05) is 5.32 Å². The minimum atomic E-state index is -0.811. The molecule has 1 heterocycles. The van der Waals surface area contributed by atoms with Gasteiger partial charge in [-0.1, -0.05) is 44.2 Å². The standard InChI is InChI=1S/C22H32N2O2S.ClH/c25-22(21-14-17-8-4-5-12-20(17)24-21)23-18-9-6-7-16(13-18)15-27(26)19-10-2-1-3-11-19;/h6-7,9,13,17,19-21,24H,1-5,8,10-12,14-15H2,(H,23,25);1H. The third kappa shape index (κ3) is 5.37. The number of hydrogen-bond donors (Lipinski definition) is 2. The minimum Gasteiger partial charge on any atom is -0.325 e. The van der Waals surface area contributed by atoms with Crippen molar-refractivity contribution in [3.8, 4) is 0 Å². The Morgan fingerprint density at radius 2 is 1.82 bits per heavy atom. The molecule has 3 fully saturated rings. The molecule has 6 heteroatoms. The van der Waals surface area contributed by atoms with Crippen molar-refractivity contribution >= 4 is 34.8 Å². The molecule has 28 heavy (non-hydrogen) atoms. The number of hydrogen-bond acceptors (Lipinski definition) is 3. The van der Waals surface area contributed by atoms with E-state index in [0.29, 0.717) is 23.0 Å². The lowest BCUT2D eigenvalue weighted by atomic mass is 9.85. The van der Waals surface area contributed by atoms with Gasteiger partial charge in [0.25, 0.3) is 0 Å². The Bertz CT molecular complexity index is 679. The second-order valence-corrected chi connectivity index (χ2v) is 10.3. The van der Waals surface area contributed by atoms with Gasteiger partial charge in [0.05, 0.1) is 6.04 Å². The van der Waals surface area contributed by atoms with E-state index in [1.165, 1.54) is 44.9 Å². The van der Waals surface area contributed by atoms with Crippen LogP contribution < -0.4 is 10.6 Å². The van der Waals surface area contributed by atoms with Gasteiger partial charge in [-0.3, -0.25) is 9.00 Å². The zero-order valence-electron chi connectivity index (χ0n) is 16.5. The van der Waals surface area contributed by atoms with Crippen molar-refractivity contribution in [2.24, 2.45) is 5.92 Å². The van der Waals surface area contributed by atoms with Gasteiger partial charge in [0.2, 0.25) is 5.91 Å². The van der Waals surface area contributed by atoms with Crippen LogP contribution in [0.25, 0.3) is 0 Å². The lowest BCUT2D eigenvalue weighted by Crippen LogP contribution is -2.39. The van der Waals surface area contributed by atoms with Crippen LogP contribution in [0.3, 0.4) is 0 Å². The van der Waals surface area contributed by atoms with Crippen LogP contribution in [0.5, 0.6) is 0 Å². The van der Waals surface area contributed by atoms with E-state index in [2.05, 4.69) is 10.6 Å². The number of amides is 1. The Labute approximate surface area is 177 Å². The minimum absolute atomic E-state index is 0. The number of carbonyl (C=O) groups excluding carboxylic acids is 1. The molecule has 1 saturated heterocycles. The Morgan fingerprint density at radius 1 is 1.07 bits per heavy atom. The van der Waals surface area contributed by atoms with Crippen LogP contribution in [-0.4, -0.2) is 27.4 Å². The fourth-order valence-corrected chi connectivity index (χ4v) is 6.70. The van der Waals surface area contributed by atoms with Crippen molar-refractivity contribution in [1.29, 1.82) is 0 Å². The molecule has 0 spiro atoms. The van der Waals surface area contributed by atoms with E-state index >= 15 is 0 Å². The molecule has 4 nitrogen and oxygen atoms in total. The summed E-state index contributed by atoms with van der Waals surface area (Å²) < 4.78 is 12.7. The van der Waals surface area contributed by atoms with Crippen LogP contribution in [0.2, 0.25) is 0 Å². The van der Waals surface area contributed by atoms with Gasteiger partial charge in [0, 0.05) is 33.5 Å². The maximum absolute atomic E-state index is 12.7. The summed E-state index contributed by atoms with van der Waals surface area (Å²) in [5.74, 6) is 1.34. The average molecular weight is 425 g/mol. The van der Waals surface area contributed by atoms with Gasteiger partial charge >= 0.3 is 0 Å². The van der Waals surface area contributed by atoms with Crippen molar-refractivity contribution in [3.05, 3.63) is 29.8 Å². The first-order valence-electron chi connectivity index (χ1n) is 10.7. The fraction of sp³-hybridized carbons (Fsp3) is 0.682. The van der Waals surface area contributed by atoms with Crippen LogP contribution in [-0.2, 0) is 21.3 Å². The van der Waals surface area contributed by atoms with Gasteiger partial charge in [-0.2, -0.15) is 0 Å². The van der Waals surface area contributed by atoms with E-state index < -0.39 is 10.8 Å². The van der Waals surface area contributed by atoms with Crippen molar-refractivity contribution in [2.45, 2.75) is 87.3 Å². The molecule has 1 aromatic carbocycles. The molecule has 0 aromatic heterocycles. The molecule has 0 radical (unpaired) electrons. The SMILES string of the molecule is Cl.O=C(Nc1cccc(CS(=O)C2CCCCC2)c1)C1CC2CCCCC2N1. The first-order valence-corrected chi connectivity index (χ1v) is 12.1. The highest BCUT2D eigenvalue weighted by molar-refractivity contribution is 7.84. The van der Waals surface area contributed by atoms with E-state index in [1.807, 2.05) is 24.3 Å². The van der Waals surface area contributed by atoms with Gasteiger partial charge in [-0.15, -0.1) is 12.4 Å². The largest absolute Gasteiger partial charge is 0.325 e. The van der Waals surface area contributed by atoms with Crippen LogP contribution in [0.15, 0.2) is 24.3 Å². The number of nitrogens with one attached hydrogen (secondary N) is 2. The van der Waals surface area contributed by atoms with Crippen LogP contribution in [0.4, 0.5) is 5.69 Å².